The van der Waals surface area contributed by atoms with Crippen LogP contribution >= 0.6 is 39.7 Å². The number of piperidine rings is 1. The molecule has 1 aliphatic heterocycles. The molecule has 3 nitrogen and oxygen atoms in total. The van der Waals surface area contributed by atoms with Crippen LogP contribution in [0.3, 0.4) is 0 Å². The number of amides is 1. The van der Waals surface area contributed by atoms with Gasteiger partial charge in [0.2, 0.25) is 5.91 Å². The summed E-state index contributed by atoms with van der Waals surface area (Å²) in [6, 6.07) is 2.34. The molecular formula is C14H22BrClN2OS. The van der Waals surface area contributed by atoms with Gasteiger partial charge in [-0.15, -0.1) is 23.7 Å². The maximum atomic E-state index is 12.3. The van der Waals surface area contributed by atoms with Crippen LogP contribution in [0.15, 0.2) is 15.9 Å². The van der Waals surface area contributed by atoms with Crippen LogP contribution < -0.4 is 5.73 Å². The van der Waals surface area contributed by atoms with Crippen LogP contribution in [0.1, 0.15) is 31.1 Å². The first-order valence-corrected chi connectivity index (χ1v) is 8.50. The normalized spacial score (nSPS) is 22.4. The number of rotatable bonds is 4. The zero-order valence-corrected chi connectivity index (χ0v) is 14.9. The third-order valence-electron chi connectivity index (χ3n) is 3.78. The molecule has 1 amide bonds. The summed E-state index contributed by atoms with van der Waals surface area (Å²) in [7, 11) is 0. The lowest BCUT2D eigenvalue weighted by Crippen LogP contribution is -2.49. The molecule has 114 valence electrons. The van der Waals surface area contributed by atoms with Gasteiger partial charge in [-0.05, 0) is 47.2 Å². The molecule has 0 aromatic carbocycles. The molecule has 6 heteroatoms. The van der Waals surface area contributed by atoms with E-state index in [0.717, 1.165) is 30.3 Å². The summed E-state index contributed by atoms with van der Waals surface area (Å²) in [5.74, 6) is 0.942. The van der Waals surface area contributed by atoms with Crippen LogP contribution in [0, 0.1) is 5.92 Å². The lowest BCUT2D eigenvalue weighted by molar-refractivity contribution is -0.135. The maximum Gasteiger partial charge on any atom is 0.223 e. The van der Waals surface area contributed by atoms with E-state index in [1.165, 1.54) is 4.88 Å². The Morgan fingerprint density at radius 1 is 1.60 bits per heavy atom. The predicted octanol–water partition coefficient (Wildman–Crippen LogP) is 3.45. The number of carbonyl (C=O) groups is 1. The van der Waals surface area contributed by atoms with Crippen molar-refractivity contribution in [1.82, 2.24) is 4.90 Å². The highest BCUT2D eigenvalue weighted by atomic mass is 79.9. The van der Waals surface area contributed by atoms with E-state index in [2.05, 4.69) is 34.3 Å². The molecule has 2 unspecified atom stereocenters. The van der Waals surface area contributed by atoms with Gasteiger partial charge in [0.05, 0.1) is 0 Å². The van der Waals surface area contributed by atoms with E-state index >= 15 is 0 Å². The lowest BCUT2D eigenvalue weighted by Gasteiger charge is -2.38. The summed E-state index contributed by atoms with van der Waals surface area (Å²) in [6.07, 6.45) is 3.58. The van der Waals surface area contributed by atoms with Crippen molar-refractivity contribution in [2.75, 3.05) is 13.1 Å². The van der Waals surface area contributed by atoms with Crippen LogP contribution in [-0.4, -0.2) is 29.9 Å². The summed E-state index contributed by atoms with van der Waals surface area (Å²) in [5.41, 5.74) is 5.81. The van der Waals surface area contributed by atoms with Gasteiger partial charge in [0.1, 0.15) is 0 Å². The van der Waals surface area contributed by atoms with Crippen molar-refractivity contribution in [1.29, 1.82) is 0 Å². The van der Waals surface area contributed by atoms with Crippen molar-refractivity contribution in [3.63, 3.8) is 0 Å². The van der Waals surface area contributed by atoms with Crippen LogP contribution in [-0.2, 0) is 11.2 Å². The SMILES string of the molecule is CC1CCN(C(=O)CCc2cc(Br)cs2)C(CN)C1.Cl. The van der Waals surface area contributed by atoms with Crippen molar-refractivity contribution in [2.45, 2.75) is 38.6 Å². The highest BCUT2D eigenvalue weighted by Crippen LogP contribution is 2.24. The fraction of sp³-hybridized carbons (Fsp3) is 0.643. The van der Waals surface area contributed by atoms with E-state index in [9.17, 15) is 4.79 Å². The van der Waals surface area contributed by atoms with Crippen molar-refractivity contribution in [3.8, 4) is 0 Å². The first-order valence-electron chi connectivity index (χ1n) is 6.82. The zero-order valence-electron chi connectivity index (χ0n) is 11.7. The van der Waals surface area contributed by atoms with E-state index in [4.69, 9.17) is 5.73 Å². The molecule has 2 atom stereocenters. The van der Waals surface area contributed by atoms with Crippen molar-refractivity contribution in [3.05, 3.63) is 20.8 Å². The minimum atomic E-state index is 0. The van der Waals surface area contributed by atoms with Crippen molar-refractivity contribution in [2.24, 2.45) is 11.7 Å². The number of nitrogens with zero attached hydrogens (tertiary/aromatic N) is 1. The molecule has 0 saturated carbocycles. The molecule has 20 heavy (non-hydrogen) atoms. The molecule has 0 aliphatic carbocycles. The fourth-order valence-corrected chi connectivity index (χ4v) is 4.12. The summed E-state index contributed by atoms with van der Waals surface area (Å²) >= 11 is 5.14. The Bertz CT molecular complexity index is 441. The van der Waals surface area contributed by atoms with Crippen LogP contribution in [0.2, 0.25) is 0 Å². The number of likely N-dealkylation sites (tertiary alicyclic amines) is 1. The topological polar surface area (TPSA) is 46.3 Å². The molecule has 2 N–H and O–H groups in total. The van der Waals surface area contributed by atoms with E-state index in [-0.39, 0.29) is 24.4 Å². The van der Waals surface area contributed by atoms with Gasteiger partial charge in [-0.25, -0.2) is 0 Å². The highest BCUT2D eigenvalue weighted by molar-refractivity contribution is 9.10. The molecule has 2 heterocycles. The average Bonchev–Trinajstić information content (AvgIpc) is 2.81. The maximum absolute atomic E-state index is 12.3. The Morgan fingerprint density at radius 2 is 2.35 bits per heavy atom. The molecule has 1 saturated heterocycles. The van der Waals surface area contributed by atoms with Gasteiger partial charge in [0.15, 0.2) is 0 Å². The molecule has 0 spiro atoms. The predicted molar refractivity (Wildman–Crippen MR) is 90.5 cm³/mol. The van der Waals surface area contributed by atoms with Gasteiger partial charge in [0, 0.05) is 40.3 Å². The molecule has 1 aliphatic rings. The molecular weight excluding hydrogens is 360 g/mol. The minimum absolute atomic E-state index is 0. The Labute approximate surface area is 139 Å². The highest BCUT2D eigenvalue weighted by Gasteiger charge is 2.28. The Kier molecular flexibility index (Phi) is 7.51. The van der Waals surface area contributed by atoms with Crippen molar-refractivity contribution >= 4 is 45.6 Å². The average molecular weight is 382 g/mol. The number of hydrogen-bond acceptors (Lipinski definition) is 3. The minimum Gasteiger partial charge on any atom is -0.338 e. The molecule has 1 aromatic heterocycles. The number of thiophene rings is 1. The van der Waals surface area contributed by atoms with Crippen LogP contribution in [0.4, 0.5) is 0 Å². The quantitative estimate of drug-likeness (QED) is 0.868. The smallest absolute Gasteiger partial charge is 0.223 e. The van der Waals surface area contributed by atoms with Gasteiger partial charge in [0.25, 0.3) is 0 Å². The van der Waals surface area contributed by atoms with E-state index < -0.39 is 0 Å². The zero-order chi connectivity index (χ0) is 13.8. The standard InChI is InChI=1S/C14H21BrN2OS.ClH/c1-10-4-5-17(12(6-10)8-16)14(18)3-2-13-7-11(15)9-19-13;/h7,9-10,12H,2-6,8,16H2,1H3;1H. The Balaban J connectivity index is 0.00000200. The monoisotopic (exact) mass is 380 g/mol. The summed E-state index contributed by atoms with van der Waals surface area (Å²) in [6.45, 7) is 3.70. The fourth-order valence-electron chi connectivity index (χ4n) is 2.66. The number of nitrogens with two attached hydrogens (primary N) is 1. The number of halogens is 2. The summed E-state index contributed by atoms with van der Waals surface area (Å²) in [4.78, 5) is 15.6. The Morgan fingerprint density at radius 3 is 2.95 bits per heavy atom. The van der Waals surface area contributed by atoms with E-state index in [1.54, 1.807) is 11.3 Å². The van der Waals surface area contributed by atoms with Gasteiger partial charge >= 0.3 is 0 Å². The second-order valence-corrected chi connectivity index (χ2v) is 7.25. The van der Waals surface area contributed by atoms with Gasteiger partial charge in [-0.3, -0.25) is 4.79 Å². The van der Waals surface area contributed by atoms with Crippen molar-refractivity contribution < 1.29 is 4.79 Å². The second kappa shape index (κ2) is 8.37. The summed E-state index contributed by atoms with van der Waals surface area (Å²) < 4.78 is 1.10. The number of aryl methyl sites for hydroxylation is 1. The molecule has 1 aromatic rings. The first kappa shape index (κ1) is 18.0. The van der Waals surface area contributed by atoms with Gasteiger partial charge in [-0.2, -0.15) is 0 Å². The Hall–Kier alpha value is -0.100. The van der Waals surface area contributed by atoms with Gasteiger partial charge in [-0.1, -0.05) is 6.92 Å². The number of hydrogen-bond donors (Lipinski definition) is 1. The molecule has 0 bridgehead atoms. The number of carbonyl (C=O) groups excluding carboxylic acids is 1. The van der Waals surface area contributed by atoms with Crippen LogP contribution in [0.5, 0.6) is 0 Å². The van der Waals surface area contributed by atoms with E-state index in [0.29, 0.717) is 18.9 Å². The lowest BCUT2D eigenvalue weighted by atomic mass is 9.92. The molecule has 0 radical (unpaired) electrons. The molecule has 2 rings (SSSR count). The summed E-state index contributed by atoms with van der Waals surface area (Å²) in [5, 5.41) is 2.06. The second-order valence-electron chi connectivity index (χ2n) is 5.34. The third-order valence-corrected chi connectivity index (χ3v) is 5.53. The first-order chi connectivity index (χ1) is 9.10. The van der Waals surface area contributed by atoms with Crippen LogP contribution in [0.25, 0.3) is 0 Å². The van der Waals surface area contributed by atoms with Gasteiger partial charge < -0.3 is 10.6 Å². The third kappa shape index (κ3) is 4.72. The van der Waals surface area contributed by atoms with E-state index in [1.807, 2.05) is 4.90 Å². The molecule has 1 fully saturated rings. The largest absolute Gasteiger partial charge is 0.338 e.